The van der Waals surface area contributed by atoms with E-state index in [1.54, 1.807) is 26.8 Å². The third kappa shape index (κ3) is 9.53. The van der Waals surface area contributed by atoms with Crippen molar-refractivity contribution in [1.82, 2.24) is 10.6 Å². The Bertz CT molecular complexity index is 849. The zero-order valence-corrected chi connectivity index (χ0v) is 18.6. The van der Waals surface area contributed by atoms with Crippen LogP contribution in [0.15, 0.2) is 54.6 Å². The molecule has 2 amide bonds. The van der Waals surface area contributed by atoms with Crippen molar-refractivity contribution in [2.75, 3.05) is 13.2 Å². The smallest absolute Gasteiger partial charge is 0.408 e. The van der Waals surface area contributed by atoms with E-state index < -0.39 is 29.7 Å². The average Bonchev–Trinajstić information content (AvgIpc) is 2.69. The largest absolute Gasteiger partial charge is 0.491 e. The number of aliphatic hydroxyl groups excluding tert-OH is 1. The van der Waals surface area contributed by atoms with Crippen LogP contribution in [0, 0.1) is 6.92 Å². The Balaban J connectivity index is 1.91. The molecular formula is C24H32N2O5. The Hall–Kier alpha value is -3.06. The monoisotopic (exact) mass is 428 g/mol. The number of hydrogen-bond donors (Lipinski definition) is 3. The molecule has 0 aromatic heterocycles. The summed E-state index contributed by atoms with van der Waals surface area (Å²) in [6.45, 7) is 7.24. The number of hydrogen-bond acceptors (Lipinski definition) is 5. The number of carbonyl (C=O) groups excluding carboxylic acids is 2. The first-order valence-corrected chi connectivity index (χ1v) is 10.3. The van der Waals surface area contributed by atoms with Crippen molar-refractivity contribution in [3.05, 3.63) is 65.7 Å². The second-order valence-electron chi connectivity index (χ2n) is 8.42. The lowest BCUT2D eigenvalue weighted by Gasteiger charge is -2.24. The molecule has 7 nitrogen and oxygen atoms in total. The van der Waals surface area contributed by atoms with Gasteiger partial charge in [0.05, 0.1) is 0 Å². The number of aryl methyl sites for hydroxylation is 1. The number of rotatable bonds is 9. The summed E-state index contributed by atoms with van der Waals surface area (Å²) in [4.78, 5) is 24.9. The van der Waals surface area contributed by atoms with Crippen LogP contribution in [0.2, 0.25) is 0 Å². The molecule has 0 aliphatic rings. The molecule has 2 aromatic carbocycles. The van der Waals surface area contributed by atoms with Crippen LogP contribution >= 0.6 is 0 Å². The van der Waals surface area contributed by atoms with Crippen LogP contribution in [-0.2, 0) is 16.0 Å². The van der Waals surface area contributed by atoms with Crippen molar-refractivity contribution in [2.24, 2.45) is 0 Å². The SMILES string of the molecule is Cc1cccc(OC[C@H](O)CNC(=O)[C@H](Cc2ccccc2)NC(=O)OC(C)(C)C)c1. The third-order valence-electron chi connectivity index (χ3n) is 4.23. The summed E-state index contributed by atoms with van der Waals surface area (Å²) in [5.74, 6) is 0.239. The lowest BCUT2D eigenvalue weighted by molar-refractivity contribution is -0.123. The molecule has 0 unspecified atom stereocenters. The molecule has 0 saturated heterocycles. The molecule has 2 aromatic rings. The molecule has 0 heterocycles. The van der Waals surface area contributed by atoms with E-state index in [-0.39, 0.29) is 13.2 Å². The number of carbonyl (C=O) groups is 2. The summed E-state index contributed by atoms with van der Waals surface area (Å²) in [5, 5.41) is 15.5. The highest BCUT2D eigenvalue weighted by Crippen LogP contribution is 2.12. The molecule has 3 N–H and O–H groups in total. The van der Waals surface area contributed by atoms with Gasteiger partial charge in [-0.15, -0.1) is 0 Å². The van der Waals surface area contributed by atoms with Crippen LogP contribution in [0.25, 0.3) is 0 Å². The number of nitrogens with one attached hydrogen (secondary N) is 2. The lowest BCUT2D eigenvalue weighted by atomic mass is 10.1. The topological polar surface area (TPSA) is 96.9 Å². The first-order valence-electron chi connectivity index (χ1n) is 10.3. The van der Waals surface area contributed by atoms with Crippen molar-refractivity contribution in [1.29, 1.82) is 0 Å². The average molecular weight is 429 g/mol. The summed E-state index contributed by atoms with van der Waals surface area (Å²) >= 11 is 0. The van der Waals surface area contributed by atoms with Crippen LogP contribution in [0.1, 0.15) is 31.9 Å². The highest BCUT2D eigenvalue weighted by atomic mass is 16.6. The van der Waals surface area contributed by atoms with E-state index in [0.29, 0.717) is 12.2 Å². The molecule has 0 radical (unpaired) electrons. The van der Waals surface area contributed by atoms with E-state index >= 15 is 0 Å². The number of aliphatic hydroxyl groups is 1. The van der Waals surface area contributed by atoms with E-state index in [1.807, 2.05) is 55.5 Å². The summed E-state index contributed by atoms with van der Waals surface area (Å²) in [6, 6.07) is 16.0. The van der Waals surface area contributed by atoms with Gasteiger partial charge in [0.2, 0.25) is 5.91 Å². The fourth-order valence-electron chi connectivity index (χ4n) is 2.81. The second-order valence-corrected chi connectivity index (χ2v) is 8.42. The van der Waals surface area contributed by atoms with Crippen LogP contribution in [0.4, 0.5) is 4.79 Å². The van der Waals surface area contributed by atoms with Gasteiger partial charge in [0.25, 0.3) is 0 Å². The van der Waals surface area contributed by atoms with Crippen molar-refractivity contribution in [2.45, 2.75) is 51.9 Å². The van der Waals surface area contributed by atoms with Crippen LogP contribution in [0.5, 0.6) is 5.75 Å². The fourth-order valence-corrected chi connectivity index (χ4v) is 2.81. The van der Waals surface area contributed by atoms with E-state index in [2.05, 4.69) is 10.6 Å². The summed E-state index contributed by atoms with van der Waals surface area (Å²) in [7, 11) is 0. The highest BCUT2D eigenvalue weighted by Gasteiger charge is 2.25. The fraction of sp³-hybridized carbons (Fsp3) is 0.417. The maximum atomic E-state index is 12.7. The van der Waals surface area contributed by atoms with E-state index in [4.69, 9.17) is 9.47 Å². The number of alkyl carbamates (subject to hydrolysis) is 1. The number of ether oxygens (including phenoxy) is 2. The van der Waals surface area contributed by atoms with E-state index in [9.17, 15) is 14.7 Å². The van der Waals surface area contributed by atoms with Gasteiger partial charge in [0.1, 0.15) is 30.1 Å². The van der Waals surface area contributed by atoms with Gasteiger partial charge in [-0.3, -0.25) is 4.79 Å². The molecule has 2 rings (SSSR count). The van der Waals surface area contributed by atoms with Crippen molar-refractivity contribution in [3.8, 4) is 5.75 Å². The Morgan fingerprint density at radius 2 is 1.77 bits per heavy atom. The highest BCUT2D eigenvalue weighted by molar-refractivity contribution is 5.86. The van der Waals surface area contributed by atoms with Gasteiger partial charge in [0.15, 0.2) is 0 Å². The van der Waals surface area contributed by atoms with Crippen LogP contribution in [-0.4, -0.2) is 48.0 Å². The molecule has 168 valence electrons. The zero-order valence-electron chi connectivity index (χ0n) is 18.6. The minimum atomic E-state index is -0.900. The van der Waals surface area contributed by atoms with E-state index in [0.717, 1.165) is 11.1 Å². The molecule has 7 heteroatoms. The van der Waals surface area contributed by atoms with Gasteiger partial charge in [-0.2, -0.15) is 0 Å². The molecule has 31 heavy (non-hydrogen) atoms. The molecular weight excluding hydrogens is 396 g/mol. The molecule has 0 bridgehead atoms. The van der Waals surface area contributed by atoms with Gasteiger partial charge in [0, 0.05) is 13.0 Å². The summed E-state index contributed by atoms with van der Waals surface area (Å²) in [6.07, 6.45) is -1.28. The second kappa shape index (κ2) is 11.4. The quantitative estimate of drug-likeness (QED) is 0.571. The Morgan fingerprint density at radius 3 is 2.42 bits per heavy atom. The Morgan fingerprint density at radius 1 is 1.06 bits per heavy atom. The minimum absolute atomic E-state index is 0.00800. The molecule has 2 atom stereocenters. The number of benzene rings is 2. The number of amides is 2. The Labute approximate surface area is 183 Å². The predicted octanol–water partition coefficient (Wildman–Crippen LogP) is 2.99. The molecule has 0 aliphatic carbocycles. The molecule has 0 aliphatic heterocycles. The van der Waals surface area contributed by atoms with Gasteiger partial charge in [-0.05, 0) is 51.0 Å². The minimum Gasteiger partial charge on any atom is -0.491 e. The molecule has 0 saturated carbocycles. The molecule has 0 fully saturated rings. The van der Waals surface area contributed by atoms with Crippen LogP contribution < -0.4 is 15.4 Å². The standard InChI is InChI=1S/C24H32N2O5/c1-17-9-8-12-20(13-17)30-16-19(27)15-25-22(28)21(14-18-10-6-5-7-11-18)26-23(29)31-24(2,3)4/h5-13,19,21,27H,14-16H2,1-4H3,(H,25,28)(H,26,29)/t19-,21+/m1/s1. The van der Waals surface area contributed by atoms with Crippen molar-refractivity contribution >= 4 is 12.0 Å². The maximum Gasteiger partial charge on any atom is 0.408 e. The van der Waals surface area contributed by atoms with Crippen molar-refractivity contribution in [3.63, 3.8) is 0 Å². The predicted molar refractivity (Wildman–Crippen MR) is 119 cm³/mol. The Kier molecular flexibility index (Phi) is 8.88. The first kappa shape index (κ1) is 24.2. The van der Waals surface area contributed by atoms with Gasteiger partial charge in [-0.25, -0.2) is 4.79 Å². The first-order chi connectivity index (χ1) is 14.6. The zero-order chi connectivity index (χ0) is 22.9. The maximum absolute atomic E-state index is 12.7. The summed E-state index contributed by atoms with van der Waals surface area (Å²) < 4.78 is 10.8. The van der Waals surface area contributed by atoms with E-state index in [1.165, 1.54) is 0 Å². The van der Waals surface area contributed by atoms with Gasteiger partial charge < -0.3 is 25.2 Å². The van der Waals surface area contributed by atoms with Crippen molar-refractivity contribution < 1.29 is 24.2 Å². The summed E-state index contributed by atoms with van der Waals surface area (Å²) in [5.41, 5.74) is 1.26. The van der Waals surface area contributed by atoms with Gasteiger partial charge in [-0.1, -0.05) is 42.5 Å². The van der Waals surface area contributed by atoms with Crippen LogP contribution in [0.3, 0.4) is 0 Å². The normalized spacial score (nSPS) is 13.1. The van der Waals surface area contributed by atoms with Gasteiger partial charge >= 0.3 is 6.09 Å². The molecule has 0 spiro atoms. The lowest BCUT2D eigenvalue weighted by Crippen LogP contribution is -2.50. The third-order valence-corrected chi connectivity index (χ3v) is 4.23.